The van der Waals surface area contributed by atoms with Crippen molar-refractivity contribution in [1.82, 2.24) is 9.55 Å². The molecule has 4 heteroatoms. The molecule has 0 aliphatic rings. The van der Waals surface area contributed by atoms with Gasteiger partial charge in [-0.3, -0.25) is 4.57 Å². The summed E-state index contributed by atoms with van der Waals surface area (Å²) in [5.41, 5.74) is 2.14. The monoisotopic (exact) mass is 234 g/mol. The van der Waals surface area contributed by atoms with Crippen LogP contribution in [0.3, 0.4) is 0 Å². The van der Waals surface area contributed by atoms with Gasteiger partial charge < -0.3 is 9.72 Å². The number of H-pyrrole nitrogens is 1. The van der Waals surface area contributed by atoms with Crippen molar-refractivity contribution in [3.8, 4) is 11.4 Å². The highest BCUT2D eigenvalue weighted by Crippen LogP contribution is 2.17. The summed E-state index contributed by atoms with van der Waals surface area (Å²) in [6.07, 6.45) is 1.90. The second-order valence-electron chi connectivity index (χ2n) is 3.50. The van der Waals surface area contributed by atoms with Gasteiger partial charge in [0.15, 0.2) is 4.77 Å². The number of nitrogens with zero attached hydrogens (tertiary/aromatic N) is 1. The summed E-state index contributed by atoms with van der Waals surface area (Å²) >= 11 is 5.22. The zero-order valence-corrected chi connectivity index (χ0v) is 10.2. The molecule has 0 atom stereocenters. The normalized spacial score (nSPS) is 10.4. The van der Waals surface area contributed by atoms with Crippen LogP contribution in [-0.4, -0.2) is 16.2 Å². The first-order valence-electron chi connectivity index (χ1n) is 5.22. The highest BCUT2D eigenvalue weighted by molar-refractivity contribution is 7.71. The van der Waals surface area contributed by atoms with Crippen LogP contribution in [0.4, 0.5) is 0 Å². The Morgan fingerprint density at radius 3 is 2.50 bits per heavy atom. The van der Waals surface area contributed by atoms with Gasteiger partial charge in [-0.1, -0.05) is 0 Å². The van der Waals surface area contributed by atoms with E-state index in [4.69, 9.17) is 17.0 Å². The van der Waals surface area contributed by atoms with E-state index in [1.807, 2.05) is 48.9 Å². The Morgan fingerprint density at radius 1 is 1.31 bits per heavy atom. The summed E-state index contributed by atoms with van der Waals surface area (Å²) < 4.78 is 8.10. The molecule has 0 amide bonds. The number of aromatic amines is 1. The molecule has 0 saturated carbocycles. The standard InChI is InChI=1S/C12H14N2OS/c1-3-15-11-6-4-10(5-7-11)14-9(2)8-13-12(14)16/h4-8H,3H2,1-2H3,(H,13,16). The Bertz CT molecular complexity index is 525. The van der Waals surface area contributed by atoms with E-state index in [1.165, 1.54) is 0 Å². The number of hydrogen-bond donors (Lipinski definition) is 1. The lowest BCUT2D eigenvalue weighted by Gasteiger charge is -2.07. The van der Waals surface area contributed by atoms with Gasteiger partial charge in [0.1, 0.15) is 5.75 Å². The van der Waals surface area contributed by atoms with Crippen molar-refractivity contribution >= 4 is 12.2 Å². The summed E-state index contributed by atoms with van der Waals surface area (Å²) in [7, 11) is 0. The predicted octanol–water partition coefficient (Wildman–Crippen LogP) is 3.24. The molecule has 16 heavy (non-hydrogen) atoms. The Hall–Kier alpha value is -1.55. The van der Waals surface area contributed by atoms with Crippen LogP contribution in [-0.2, 0) is 0 Å². The van der Waals surface area contributed by atoms with E-state index in [0.717, 1.165) is 17.1 Å². The smallest absolute Gasteiger partial charge is 0.182 e. The molecule has 1 aromatic heterocycles. The molecule has 1 heterocycles. The summed E-state index contributed by atoms with van der Waals surface area (Å²) in [5.74, 6) is 0.881. The van der Waals surface area contributed by atoms with Gasteiger partial charge in [-0.25, -0.2) is 0 Å². The van der Waals surface area contributed by atoms with Crippen LogP contribution in [0.2, 0.25) is 0 Å². The van der Waals surface area contributed by atoms with Crippen molar-refractivity contribution < 1.29 is 4.74 Å². The highest BCUT2D eigenvalue weighted by Gasteiger charge is 2.02. The molecule has 2 rings (SSSR count). The summed E-state index contributed by atoms with van der Waals surface area (Å²) in [5, 5.41) is 0. The predicted molar refractivity (Wildman–Crippen MR) is 66.9 cm³/mol. The molecular formula is C12H14N2OS. The minimum atomic E-state index is 0.682. The van der Waals surface area contributed by atoms with Gasteiger partial charge in [-0.05, 0) is 50.3 Å². The highest BCUT2D eigenvalue weighted by atomic mass is 32.1. The number of ether oxygens (including phenoxy) is 1. The number of aromatic nitrogens is 2. The van der Waals surface area contributed by atoms with E-state index in [-0.39, 0.29) is 0 Å². The lowest BCUT2D eigenvalue weighted by Crippen LogP contribution is -1.97. The number of imidazole rings is 1. The third-order valence-corrected chi connectivity index (χ3v) is 2.67. The zero-order chi connectivity index (χ0) is 11.5. The molecule has 0 aliphatic heterocycles. The third kappa shape index (κ3) is 2.02. The number of nitrogens with one attached hydrogen (secondary N) is 1. The van der Waals surface area contributed by atoms with E-state index in [1.54, 1.807) is 0 Å². The largest absolute Gasteiger partial charge is 0.494 e. The molecule has 2 aromatic rings. The van der Waals surface area contributed by atoms with E-state index in [9.17, 15) is 0 Å². The van der Waals surface area contributed by atoms with E-state index >= 15 is 0 Å². The SMILES string of the molecule is CCOc1ccc(-n2c(C)c[nH]c2=S)cc1. The number of rotatable bonds is 3. The quantitative estimate of drug-likeness (QED) is 0.826. The average Bonchev–Trinajstić information content (AvgIpc) is 2.61. The van der Waals surface area contributed by atoms with Gasteiger partial charge in [0, 0.05) is 17.6 Å². The van der Waals surface area contributed by atoms with Gasteiger partial charge in [-0.2, -0.15) is 0 Å². The Morgan fingerprint density at radius 2 is 2.00 bits per heavy atom. The first-order valence-corrected chi connectivity index (χ1v) is 5.63. The second kappa shape index (κ2) is 4.53. The van der Waals surface area contributed by atoms with Crippen molar-refractivity contribution in [2.45, 2.75) is 13.8 Å². The molecular weight excluding hydrogens is 220 g/mol. The molecule has 0 radical (unpaired) electrons. The molecule has 3 nitrogen and oxygen atoms in total. The first-order chi connectivity index (χ1) is 7.72. The minimum absolute atomic E-state index is 0.682. The zero-order valence-electron chi connectivity index (χ0n) is 9.36. The van der Waals surface area contributed by atoms with Crippen LogP contribution < -0.4 is 4.74 Å². The fraction of sp³-hybridized carbons (Fsp3) is 0.250. The number of hydrogen-bond acceptors (Lipinski definition) is 2. The maximum Gasteiger partial charge on any atom is 0.182 e. The van der Waals surface area contributed by atoms with Crippen LogP contribution in [0.5, 0.6) is 5.75 Å². The van der Waals surface area contributed by atoms with E-state index in [2.05, 4.69) is 4.98 Å². The van der Waals surface area contributed by atoms with Crippen molar-refractivity contribution in [2.24, 2.45) is 0 Å². The Kier molecular flexibility index (Phi) is 3.10. The van der Waals surface area contributed by atoms with Crippen LogP contribution in [0.25, 0.3) is 5.69 Å². The van der Waals surface area contributed by atoms with E-state index in [0.29, 0.717) is 11.4 Å². The topological polar surface area (TPSA) is 29.9 Å². The van der Waals surface area contributed by atoms with Crippen LogP contribution >= 0.6 is 12.2 Å². The Labute approximate surface area is 99.7 Å². The number of benzene rings is 1. The van der Waals surface area contributed by atoms with E-state index < -0.39 is 0 Å². The van der Waals surface area contributed by atoms with Crippen LogP contribution in [0.1, 0.15) is 12.6 Å². The van der Waals surface area contributed by atoms with Gasteiger partial charge >= 0.3 is 0 Å². The average molecular weight is 234 g/mol. The number of aryl methyl sites for hydroxylation is 1. The summed E-state index contributed by atoms with van der Waals surface area (Å²) in [4.78, 5) is 3.02. The molecule has 1 aromatic carbocycles. The fourth-order valence-electron chi connectivity index (χ4n) is 1.63. The van der Waals surface area contributed by atoms with Gasteiger partial charge in [0.25, 0.3) is 0 Å². The van der Waals surface area contributed by atoms with Crippen molar-refractivity contribution in [3.63, 3.8) is 0 Å². The second-order valence-corrected chi connectivity index (χ2v) is 3.88. The van der Waals surface area contributed by atoms with Crippen LogP contribution in [0, 0.1) is 11.7 Å². The lowest BCUT2D eigenvalue weighted by molar-refractivity contribution is 0.340. The van der Waals surface area contributed by atoms with Crippen molar-refractivity contribution in [1.29, 1.82) is 0 Å². The molecule has 0 bridgehead atoms. The molecule has 84 valence electrons. The molecule has 0 saturated heterocycles. The summed E-state index contributed by atoms with van der Waals surface area (Å²) in [6.45, 7) is 4.67. The van der Waals surface area contributed by atoms with Crippen molar-refractivity contribution in [2.75, 3.05) is 6.61 Å². The third-order valence-electron chi connectivity index (χ3n) is 2.37. The van der Waals surface area contributed by atoms with Crippen LogP contribution in [0.15, 0.2) is 30.5 Å². The maximum absolute atomic E-state index is 5.40. The molecule has 0 spiro atoms. The first kappa shape index (κ1) is 11.0. The summed E-state index contributed by atoms with van der Waals surface area (Å²) in [6, 6.07) is 7.91. The molecule has 1 N–H and O–H groups in total. The van der Waals surface area contributed by atoms with Gasteiger partial charge in [-0.15, -0.1) is 0 Å². The molecule has 0 fully saturated rings. The maximum atomic E-state index is 5.40. The molecule has 0 aliphatic carbocycles. The molecule has 0 unspecified atom stereocenters. The minimum Gasteiger partial charge on any atom is -0.494 e. The van der Waals surface area contributed by atoms with Crippen molar-refractivity contribution in [3.05, 3.63) is 40.9 Å². The lowest BCUT2D eigenvalue weighted by atomic mass is 10.3. The van der Waals surface area contributed by atoms with Gasteiger partial charge in [0.05, 0.1) is 6.61 Å². The Balaban J connectivity index is 2.39. The van der Waals surface area contributed by atoms with Gasteiger partial charge in [0.2, 0.25) is 0 Å². The fourth-order valence-corrected chi connectivity index (χ4v) is 1.94.